The lowest BCUT2D eigenvalue weighted by Crippen LogP contribution is -2.06. The molecule has 1 heterocycles. The third-order valence-corrected chi connectivity index (χ3v) is 4.63. The maximum Gasteiger partial charge on any atom is 0.180 e. The van der Waals surface area contributed by atoms with E-state index in [0.29, 0.717) is 15.5 Å². The van der Waals surface area contributed by atoms with Gasteiger partial charge in [-0.25, -0.2) is 17.6 Å². The predicted octanol–water partition coefficient (Wildman–Crippen LogP) is 4.95. The van der Waals surface area contributed by atoms with Gasteiger partial charge < -0.3 is 0 Å². The van der Waals surface area contributed by atoms with Gasteiger partial charge in [-0.15, -0.1) is 0 Å². The second kappa shape index (κ2) is 6.83. The molecule has 10 heteroatoms. The van der Waals surface area contributed by atoms with Crippen LogP contribution in [0.2, 0.25) is 0 Å². The van der Waals surface area contributed by atoms with E-state index < -0.39 is 40.0 Å². The van der Waals surface area contributed by atoms with Gasteiger partial charge in [0.2, 0.25) is 0 Å². The summed E-state index contributed by atoms with van der Waals surface area (Å²) in [6, 6.07) is 5.65. The first-order valence-corrected chi connectivity index (χ1v) is 8.22. The molecular weight excluding hydrogens is 436 g/mol. The fourth-order valence-corrected chi connectivity index (χ4v) is 3.36. The van der Waals surface area contributed by atoms with E-state index in [2.05, 4.69) is 24.7 Å². The van der Waals surface area contributed by atoms with E-state index >= 15 is 0 Å². The molecule has 0 aliphatic heterocycles. The molecule has 0 saturated carbocycles. The quantitative estimate of drug-likeness (QED) is 0.245. The van der Waals surface area contributed by atoms with Crippen LogP contribution < -0.4 is 0 Å². The molecule has 0 amide bonds. The van der Waals surface area contributed by atoms with Crippen molar-refractivity contribution in [2.24, 2.45) is 0 Å². The van der Waals surface area contributed by atoms with Gasteiger partial charge in [0.05, 0.1) is 28.9 Å². The average Bonchev–Trinajstić information content (AvgIpc) is 3.12. The molecule has 1 aromatic heterocycles. The molecule has 3 rings (SSSR count). The lowest BCUT2D eigenvalue weighted by Gasteiger charge is -2.08. The van der Waals surface area contributed by atoms with Crippen LogP contribution in [0.4, 0.5) is 17.6 Å². The van der Waals surface area contributed by atoms with Gasteiger partial charge >= 0.3 is 0 Å². The summed E-state index contributed by atoms with van der Waals surface area (Å²) in [7, 11) is 0. The van der Waals surface area contributed by atoms with Gasteiger partial charge in [-0.3, -0.25) is 0 Å². The highest BCUT2D eigenvalue weighted by molar-refractivity contribution is 9.10. The molecule has 2 aromatic carbocycles. The van der Waals surface area contributed by atoms with Gasteiger partial charge in [0.25, 0.3) is 0 Å². The van der Waals surface area contributed by atoms with Crippen molar-refractivity contribution in [1.29, 1.82) is 10.5 Å². The predicted molar refractivity (Wildman–Crippen MR) is 89.6 cm³/mol. The summed E-state index contributed by atoms with van der Waals surface area (Å²) in [5.74, 6) is -7.37. The van der Waals surface area contributed by atoms with Gasteiger partial charge in [0, 0.05) is 10.0 Å². The van der Waals surface area contributed by atoms with Crippen LogP contribution >= 0.6 is 27.7 Å². The molecule has 4 nitrogen and oxygen atoms in total. The van der Waals surface area contributed by atoms with Crippen molar-refractivity contribution in [3.8, 4) is 12.1 Å². The van der Waals surface area contributed by atoms with Gasteiger partial charge in [-0.1, -0.05) is 6.07 Å². The number of rotatable bonds is 2. The molecule has 128 valence electrons. The number of nitriles is 2. The van der Waals surface area contributed by atoms with Crippen LogP contribution in [0.3, 0.4) is 0 Å². The normalized spacial score (nSPS) is 11.4. The molecule has 0 radical (unpaired) electrons. The molecule has 0 bridgehead atoms. The zero-order valence-electron chi connectivity index (χ0n) is 12.3. The average molecular weight is 439 g/mol. The fraction of sp³-hybridized carbons (Fsp3) is 0. The van der Waals surface area contributed by atoms with E-state index in [4.69, 9.17) is 5.26 Å². The Hall–Kier alpha value is -2.82. The highest BCUT2D eigenvalue weighted by atomic mass is 79.9. The SMILES string of the molecule is N#C/C(=C\c1ccc(Br)c2nsnc12)c1c(F)c(F)c(C#N)c(F)c1F. The van der Waals surface area contributed by atoms with Crippen molar-refractivity contribution in [3.63, 3.8) is 0 Å². The van der Waals surface area contributed by atoms with Crippen molar-refractivity contribution in [2.75, 3.05) is 0 Å². The first-order chi connectivity index (χ1) is 12.4. The van der Waals surface area contributed by atoms with Crippen LogP contribution in [0, 0.1) is 45.9 Å². The van der Waals surface area contributed by atoms with E-state index in [1.165, 1.54) is 12.1 Å². The number of hydrogen-bond donors (Lipinski definition) is 0. The zero-order chi connectivity index (χ0) is 19.0. The third kappa shape index (κ3) is 2.73. The second-order valence-corrected chi connectivity index (χ2v) is 6.27. The summed E-state index contributed by atoms with van der Waals surface area (Å²) in [5, 5.41) is 17.9. The molecule has 0 N–H and O–H groups in total. The number of benzene rings is 2. The van der Waals surface area contributed by atoms with Crippen molar-refractivity contribution in [3.05, 3.63) is 56.6 Å². The molecule has 0 fully saturated rings. The van der Waals surface area contributed by atoms with Crippen LogP contribution in [0.1, 0.15) is 16.7 Å². The lowest BCUT2D eigenvalue weighted by molar-refractivity contribution is 0.447. The van der Waals surface area contributed by atoms with Gasteiger partial charge in [0.1, 0.15) is 22.7 Å². The van der Waals surface area contributed by atoms with Crippen LogP contribution in [-0.4, -0.2) is 8.75 Å². The van der Waals surface area contributed by atoms with Gasteiger partial charge in [-0.05, 0) is 28.1 Å². The molecule has 0 atom stereocenters. The first kappa shape index (κ1) is 18.0. The van der Waals surface area contributed by atoms with E-state index in [1.54, 1.807) is 6.07 Å². The maximum atomic E-state index is 14.2. The molecule has 0 spiro atoms. The smallest absolute Gasteiger partial charge is 0.180 e. The summed E-state index contributed by atoms with van der Waals surface area (Å²) in [6.07, 6.45) is 1.04. The number of nitrogens with zero attached hydrogens (tertiary/aromatic N) is 4. The van der Waals surface area contributed by atoms with Gasteiger partial charge in [-0.2, -0.15) is 19.3 Å². The van der Waals surface area contributed by atoms with Crippen molar-refractivity contribution >= 4 is 50.3 Å². The number of hydrogen-bond acceptors (Lipinski definition) is 5. The summed E-state index contributed by atoms with van der Waals surface area (Å²) < 4.78 is 64.7. The molecule has 0 unspecified atom stereocenters. The van der Waals surface area contributed by atoms with Crippen LogP contribution in [0.15, 0.2) is 16.6 Å². The third-order valence-electron chi connectivity index (χ3n) is 3.46. The molecule has 3 aromatic rings. The highest BCUT2D eigenvalue weighted by Crippen LogP contribution is 2.32. The Kier molecular flexibility index (Phi) is 4.72. The van der Waals surface area contributed by atoms with Crippen molar-refractivity contribution in [2.45, 2.75) is 0 Å². The lowest BCUT2D eigenvalue weighted by atomic mass is 9.99. The first-order valence-electron chi connectivity index (χ1n) is 6.69. The van der Waals surface area contributed by atoms with Crippen molar-refractivity contribution < 1.29 is 17.6 Å². The number of fused-ring (bicyclic) bond motifs is 1. The topological polar surface area (TPSA) is 73.4 Å². The monoisotopic (exact) mass is 438 g/mol. The Bertz CT molecular complexity index is 1140. The zero-order valence-corrected chi connectivity index (χ0v) is 14.7. The highest BCUT2D eigenvalue weighted by Gasteiger charge is 2.27. The Morgan fingerprint density at radius 2 is 1.62 bits per heavy atom. The summed E-state index contributed by atoms with van der Waals surface area (Å²) in [4.78, 5) is 0. The van der Waals surface area contributed by atoms with Gasteiger partial charge in [0.15, 0.2) is 23.3 Å². The summed E-state index contributed by atoms with van der Waals surface area (Å²) in [5.41, 5.74) is -2.18. The molecule has 0 aliphatic rings. The van der Waals surface area contributed by atoms with E-state index in [-0.39, 0.29) is 5.56 Å². The maximum absolute atomic E-state index is 14.2. The minimum absolute atomic E-state index is 0.275. The van der Waals surface area contributed by atoms with Crippen molar-refractivity contribution in [1.82, 2.24) is 8.75 Å². The van der Waals surface area contributed by atoms with E-state index in [0.717, 1.165) is 23.9 Å². The van der Waals surface area contributed by atoms with Crippen LogP contribution in [0.5, 0.6) is 0 Å². The summed E-state index contributed by atoms with van der Waals surface area (Å²) >= 11 is 4.15. The van der Waals surface area contributed by atoms with Crippen LogP contribution in [0.25, 0.3) is 22.7 Å². The molecule has 0 saturated heterocycles. The standard InChI is InChI=1S/C16H3BrF4N4S/c17-9-2-1-6(15-16(9)25-26-24-15)3-7(4-22)10-13(20)11(18)8(5-23)12(19)14(10)21/h1-3H/b7-3+. The molecule has 26 heavy (non-hydrogen) atoms. The molecular formula is C16H3BrF4N4S. The largest absolute Gasteiger partial charge is 0.203 e. The van der Waals surface area contributed by atoms with E-state index in [9.17, 15) is 22.8 Å². The molecule has 0 aliphatic carbocycles. The number of aromatic nitrogens is 2. The second-order valence-electron chi connectivity index (χ2n) is 4.89. The number of halogens is 5. The minimum Gasteiger partial charge on any atom is -0.203 e. The summed E-state index contributed by atoms with van der Waals surface area (Å²) in [6.45, 7) is 0. The van der Waals surface area contributed by atoms with Crippen LogP contribution in [-0.2, 0) is 0 Å². The Balaban J connectivity index is 2.30. The Morgan fingerprint density at radius 1 is 1.00 bits per heavy atom. The number of allylic oxidation sites excluding steroid dienone is 1. The Morgan fingerprint density at radius 3 is 2.19 bits per heavy atom. The van der Waals surface area contributed by atoms with E-state index in [1.807, 2.05) is 0 Å². The fourth-order valence-electron chi connectivity index (χ4n) is 2.25. The minimum atomic E-state index is -1.86. The Labute approximate surface area is 156 Å².